The Morgan fingerprint density at radius 3 is 0.516 bits per heavy atom. The van der Waals surface area contributed by atoms with Crippen molar-refractivity contribution >= 4 is 0 Å². The molecule has 0 bridgehead atoms. The predicted octanol–water partition coefficient (Wildman–Crippen LogP) is 27.8. The zero-order chi connectivity index (χ0) is 84.4. The Balaban J connectivity index is 0.000000123. The second-order valence-corrected chi connectivity index (χ2v) is 30.2. The minimum atomic E-state index is 0.583. The number of hydrogen-bond donors (Lipinski definition) is 0. The summed E-state index contributed by atoms with van der Waals surface area (Å²) in [5.74, 6) is 1.75. The molecule has 0 radical (unpaired) electrons. The highest BCUT2D eigenvalue weighted by Crippen LogP contribution is 2.41. The molecule has 11 aromatic carbocycles. The highest BCUT2D eigenvalue weighted by Gasteiger charge is 2.19. The van der Waals surface area contributed by atoms with Gasteiger partial charge in [0.15, 0.2) is 17.5 Å². The average Bonchev–Trinajstić information content (AvgIpc) is 0.794. The van der Waals surface area contributed by atoms with Crippen LogP contribution in [0.4, 0.5) is 0 Å². The standard InChI is InChI=1S/2C39H27N3.C36H24N6/c1-7-28(34-13-4-16-40-25-34)19-31(10-1)37-22-38(32-11-2-8-29(20-32)35-14-5-17-41-26-35)24-39(23-37)33-12-3-9-30(21-33)36-15-6-18-42-27-36;1-4-31(28-10-16-40-17-11-28)22-34(7-1)37-25-38(35-8-2-5-32(23-35)29-12-18-41-19-13-29)27-39(26-37)36-9-3-6-33(24-36)30-14-20-42-21-15-30;1-4-19-37-31(16-1)25-10-7-13-28(22-25)34-40-35(29-14-8-11-26(23-29)32-17-2-5-20-38-32)42-36(41-34)30-15-9-12-27(24-30)33-18-3-6-21-39-33/h2*1-27H;1-24H. The average molecular weight is 1620 g/mol. The molecule has 21 rings (SSSR count). The number of aromatic nitrogens is 12. The Bertz CT molecular complexity index is 5880. The van der Waals surface area contributed by atoms with Gasteiger partial charge in [-0.1, -0.05) is 200 Å². The summed E-state index contributed by atoms with van der Waals surface area (Å²) in [4.78, 5) is 54.1. The van der Waals surface area contributed by atoms with E-state index in [1.807, 2.05) is 202 Å². The molecule has 12 heteroatoms. The molecule has 0 fully saturated rings. The third-order valence-electron chi connectivity index (χ3n) is 21.9. The van der Waals surface area contributed by atoms with Gasteiger partial charge in [0.05, 0.1) is 17.1 Å². The van der Waals surface area contributed by atoms with Crippen molar-refractivity contribution in [2.45, 2.75) is 0 Å². The maximum atomic E-state index is 4.97. The van der Waals surface area contributed by atoms with Crippen LogP contribution >= 0.6 is 0 Å². The molecule has 594 valence electrons. The highest BCUT2D eigenvalue weighted by molar-refractivity contribution is 5.89. The largest absolute Gasteiger partial charge is 0.265 e. The molecule has 0 aliphatic rings. The van der Waals surface area contributed by atoms with Crippen LogP contribution in [0.25, 0.3) is 201 Å². The van der Waals surface area contributed by atoms with Crippen molar-refractivity contribution in [3.8, 4) is 201 Å². The first kappa shape index (κ1) is 78.6. The molecule has 10 aromatic heterocycles. The lowest BCUT2D eigenvalue weighted by Gasteiger charge is -2.14. The van der Waals surface area contributed by atoms with Crippen molar-refractivity contribution in [2.24, 2.45) is 0 Å². The summed E-state index contributed by atoms with van der Waals surface area (Å²) < 4.78 is 0. The van der Waals surface area contributed by atoms with Gasteiger partial charge in [-0.3, -0.25) is 44.9 Å². The molecule has 12 nitrogen and oxygen atoms in total. The molecule has 0 aliphatic heterocycles. The fourth-order valence-corrected chi connectivity index (χ4v) is 15.6. The summed E-state index contributed by atoms with van der Waals surface area (Å²) in [6.07, 6.45) is 27.6. The van der Waals surface area contributed by atoms with Gasteiger partial charge in [0.25, 0.3) is 0 Å². The summed E-state index contributed by atoms with van der Waals surface area (Å²) >= 11 is 0. The normalized spacial score (nSPS) is 10.9. The van der Waals surface area contributed by atoms with E-state index in [9.17, 15) is 0 Å². The Labute approximate surface area is 731 Å². The SMILES string of the molecule is c1cc(-c2ccncc2)cc(-c2cc(-c3cccc(-c4ccncc4)c3)cc(-c3cccc(-c4ccncc4)c3)c2)c1.c1ccc(-c2cccc(-c3nc(-c4cccc(-c5ccccn5)c4)nc(-c4cccc(-c5ccccn5)c4)n3)c2)nc1.c1cncc(-c2cccc(-c3cc(-c4cccc(-c5cccnc5)c4)cc(-c4cccc(-c5cccnc5)c4)c3)c2)c1. The molecule has 0 saturated carbocycles. The number of benzene rings is 11. The van der Waals surface area contributed by atoms with Gasteiger partial charge in [-0.15, -0.1) is 0 Å². The fraction of sp³-hybridized carbons (Fsp3) is 0. The molecule has 126 heavy (non-hydrogen) atoms. The Kier molecular flexibility index (Phi) is 23.5. The van der Waals surface area contributed by atoms with Gasteiger partial charge in [-0.05, 0) is 299 Å². The van der Waals surface area contributed by atoms with Gasteiger partial charge in [0, 0.05) is 143 Å². The molecular weight excluding hydrogens is 1540 g/mol. The van der Waals surface area contributed by atoms with Crippen LogP contribution in [0.3, 0.4) is 0 Å². The quantitative estimate of drug-likeness (QED) is 0.0803. The number of rotatable bonds is 18. The molecule has 0 spiro atoms. The fourth-order valence-electron chi connectivity index (χ4n) is 15.6. The third-order valence-corrected chi connectivity index (χ3v) is 21.9. The van der Waals surface area contributed by atoms with Gasteiger partial charge in [0.1, 0.15) is 0 Å². The van der Waals surface area contributed by atoms with Crippen LogP contribution < -0.4 is 0 Å². The van der Waals surface area contributed by atoms with Crippen LogP contribution in [0.1, 0.15) is 0 Å². The molecular formula is C114H78N12. The van der Waals surface area contributed by atoms with Crippen LogP contribution in [0.15, 0.2) is 475 Å². The monoisotopic (exact) mass is 1610 g/mol. The van der Waals surface area contributed by atoms with Crippen molar-refractivity contribution in [3.05, 3.63) is 475 Å². The van der Waals surface area contributed by atoms with Crippen LogP contribution in [-0.4, -0.2) is 59.8 Å². The number of nitrogens with zero attached hydrogens (tertiary/aromatic N) is 12. The molecule has 0 atom stereocenters. The van der Waals surface area contributed by atoms with E-state index in [2.05, 4.69) is 300 Å². The van der Waals surface area contributed by atoms with Gasteiger partial charge in [0.2, 0.25) is 0 Å². The van der Waals surface area contributed by atoms with Crippen molar-refractivity contribution in [1.29, 1.82) is 0 Å². The van der Waals surface area contributed by atoms with Crippen LogP contribution in [0.2, 0.25) is 0 Å². The van der Waals surface area contributed by atoms with Gasteiger partial charge >= 0.3 is 0 Å². The van der Waals surface area contributed by atoms with Crippen LogP contribution in [0.5, 0.6) is 0 Å². The number of hydrogen-bond acceptors (Lipinski definition) is 12. The second-order valence-electron chi connectivity index (χ2n) is 30.2. The third kappa shape index (κ3) is 18.7. The van der Waals surface area contributed by atoms with E-state index in [0.717, 1.165) is 134 Å². The molecule has 10 heterocycles. The summed E-state index contributed by atoms with van der Waals surface area (Å²) in [5, 5.41) is 0. The van der Waals surface area contributed by atoms with E-state index < -0.39 is 0 Å². The van der Waals surface area contributed by atoms with Crippen molar-refractivity contribution < 1.29 is 0 Å². The highest BCUT2D eigenvalue weighted by atomic mass is 15.0. The van der Waals surface area contributed by atoms with Gasteiger partial charge < -0.3 is 0 Å². The molecule has 0 N–H and O–H groups in total. The van der Waals surface area contributed by atoms with Crippen molar-refractivity contribution in [2.75, 3.05) is 0 Å². The van der Waals surface area contributed by atoms with Crippen LogP contribution in [0, 0.1) is 0 Å². The molecule has 0 aliphatic carbocycles. The maximum absolute atomic E-state index is 4.97. The van der Waals surface area contributed by atoms with Crippen LogP contribution in [-0.2, 0) is 0 Å². The minimum Gasteiger partial charge on any atom is -0.265 e. The van der Waals surface area contributed by atoms with E-state index in [-0.39, 0.29) is 0 Å². The summed E-state index contributed by atoms with van der Waals surface area (Å²) in [5.41, 5.74) is 35.9. The smallest absolute Gasteiger partial charge is 0.164 e. The first-order valence-corrected chi connectivity index (χ1v) is 41.6. The lowest BCUT2D eigenvalue weighted by atomic mass is 9.90. The topological polar surface area (TPSA) is 155 Å². The first-order valence-electron chi connectivity index (χ1n) is 41.6. The van der Waals surface area contributed by atoms with Gasteiger partial charge in [-0.25, -0.2) is 15.0 Å². The lowest BCUT2D eigenvalue weighted by molar-refractivity contribution is 1.07. The van der Waals surface area contributed by atoms with Crippen molar-refractivity contribution in [3.63, 3.8) is 0 Å². The Morgan fingerprint density at radius 1 is 0.111 bits per heavy atom. The summed E-state index contributed by atoms with van der Waals surface area (Å²) in [6, 6.07) is 133. The molecule has 21 aromatic rings. The zero-order valence-corrected chi connectivity index (χ0v) is 68.4. The number of pyridine rings is 9. The van der Waals surface area contributed by atoms with E-state index >= 15 is 0 Å². The predicted molar refractivity (Wildman–Crippen MR) is 511 cm³/mol. The van der Waals surface area contributed by atoms with E-state index in [1.165, 1.54) is 50.1 Å². The Hall–Kier alpha value is -17.2. The lowest BCUT2D eigenvalue weighted by Crippen LogP contribution is -2.01. The molecule has 0 unspecified atom stereocenters. The van der Waals surface area contributed by atoms with E-state index in [0.29, 0.717) is 17.5 Å². The maximum Gasteiger partial charge on any atom is 0.164 e. The zero-order valence-electron chi connectivity index (χ0n) is 68.4. The molecule has 0 amide bonds. The summed E-state index contributed by atoms with van der Waals surface area (Å²) in [7, 11) is 0. The summed E-state index contributed by atoms with van der Waals surface area (Å²) in [6.45, 7) is 0. The van der Waals surface area contributed by atoms with E-state index in [4.69, 9.17) is 15.0 Å². The van der Waals surface area contributed by atoms with Crippen molar-refractivity contribution in [1.82, 2.24) is 59.8 Å². The first-order chi connectivity index (χ1) is 62.4. The minimum absolute atomic E-state index is 0.583. The second kappa shape index (κ2) is 37.6. The van der Waals surface area contributed by atoms with E-state index in [1.54, 1.807) is 18.6 Å². The Morgan fingerprint density at radius 2 is 0.302 bits per heavy atom. The molecule has 0 saturated heterocycles. The van der Waals surface area contributed by atoms with Gasteiger partial charge in [-0.2, -0.15) is 0 Å².